The first-order valence-corrected chi connectivity index (χ1v) is 10.6. The summed E-state index contributed by atoms with van der Waals surface area (Å²) in [6, 6.07) is 6.13. The van der Waals surface area contributed by atoms with E-state index in [4.69, 9.17) is 23.2 Å². The van der Waals surface area contributed by atoms with Crippen LogP contribution >= 0.6 is 23.2 Å². The SMILES string of the molecule is COC(=O)[C@@H](Cc1ccc(O)cc1)N(OC(=O)c1c(Cl)cccc1Cl)S(=O)(=O)C(F)(F)F. The molecule has 2 rings (SSSR count). The van der Waals surface area contributed by atoms with Crippen molar-refractivity contribution in [2.75, 3.05) is 7.11 Å². The molecule has 32 heavy (non-hydrogen) atoms. The Morgan fingerprint density at radius 1 is 1.09 bits per heavy atom. The molecule has 14 heteroatoms. The number of phenolic OH excluding ortho intramolecular Hbond substituents is 1. The first kappa shape index (κ1) is 25.7. The van der Waals surface area contributed by atoms with Gasteiger partial charge in [0.25, 0.3) is 0 Å². The molecule has 1 N–H and O–H groups in total. The van der Waals surface area contributed by atoms with Gasteiger partial charge in [0.2, 0.25) is 0 Å². The van der Waals surface area contributed by atoms with Crippen molar-refractivity contribution >= 4 is 45.2 Å². The number of ether oxygens (including phenoxy) is 1. The van der Waals surface area contributed by atoms with Crippen LogP contribution in [0, 0.1) is 0 Å². The summed E-state index contributed by atoms with van der Waals surface area (Å²) in [6.45, 7) is 0. The fourth-order valence-corrected chi connectivity index (χ4v) is 3.85. The summed E-state index contributed by atoms with van der Waals surface area (Å²) in [5, 5.41) is 8.68. The molecule has 174 valence electrons. The van der Waals surface area contributed by atoms with E-state index in [0.29, 0.717) is 0 Å². The van der Waals surface area contributed by atoms with E-state index in [9.17, 15) is 36.3 Å². The van der Waals surface area contributed by atoms with Crippen LogP contribution < -0.4 is 0 Å². The topological polar surface area (TPSA) is 110 Å². The first-order valence-electron chi connectivity index (χ1n) is 8.42. The zero-order valence-corrected chi connectivity index (χ0v) is 18.3. The minimum atomic E-state index is -6.40. The zero-order chi connectivity index (χ0) is 24.3. The lowest BCUT2D eigenvalue weighted by atomic mass is 10.1. The van der Waals surface area contributed by atoms with E-state index in [1.54, 1.807) is 0 Å². The van der Waals surface area contributed by atoms with E-state index >= 15 is 0 Å². The number of benzene rings is 2. The van der Waals surface area contributed by atoms with Gasteiger partial charge in [0.05, 0.1) is 22.7 Å². The summed E-state index contributed by atoms with van der Waals surface area (Å²) in [7, 11) is -5.59. The van der Waals surface area contributed by atoms with E-state index < -0.39 is 50.0 Å². The average Bonchev–Trinajstić information content (AvgIpc) is 2.70. The summed E-state index contributed by atoms with van der Waals surface area (Å²) >= 11 is 11.7. The molecule has 0 amide bonds. The van der Waals surface area contributed by atoms with E-state index in [1.165, 1.54) is 30.3 Å². The normalized spacial score (nSPS) is 13.0. The van der Waals surface area contributed by atoms with Crippen LogP contribution in [0.25, 0.3) is 0 Å². The van der Waals surface area contributed by atoms with E-state index in [-0.39, 0.29) is 21.4 Å². The lowest BCUT2D eigenvalue weighted by Gasteiger charge is -2.28. The van der Waals surface area contributed by atoms with Gasteiger partial charge in [0, 0.05) is 6.42 Å². The average molecular weight is 516 g/mol. The van der Waals surface area contributed by atoms with Crippen LogP contribution in [0.3, 0.4) is 0 Å². The molecule has 0 aliphatic carbocycles. The number of carbonyl (C=O) groups is 2. The van der Waals surface area contributed by atoms with Gasteiger partial charge in [0.1, 0.15) is 5.75 Å². The Morgan fingerprint density at radius 2 is 1.62 bits per heavy atom. The molecule has 0 aromatic heterocycles. The first-order chi connectivity index (χ1) is 14.8. The van der Waals surface area contributed by atoms with Gasteiger partial charge in [-0.25, -0.2) is 4.79 Å². The van der Waals surface area contributed by atoms with Gasteiger partial charge in [-0.2, -0.15) is 21.6 Å². The van der Waals surface area contributed by atoms with Gasteiger partial charge < -0.3 is 14.7 Å². The quantitative estimate of drug-likeness (QED) is 0.442. The minimum absolute atomic E-state index is 0.118. The maximum absolute atomic E-state index is 13.4. The third kappa shape index (κ3) is 5.63. The second-order valence-electron chi connectivity index (χ2n) is 6.09. The Morgan fingerprint density at radius 3 is 2.09 bits per heavy atom. The predicted molar refractivity (Wildman–Crippen MR) is 106 cm³/mol. The highest BCUT2D eigenvalue weighted by Crippen LogP contribution is 2.32. The summed E-state index contributed by atoms with van der Waals surface area (Å²) in [6.07, 6.45) is -0.703. The Bertz CT molecular complexity index is 1090. The molecule has 0 bridgehead atoms. The molecule has 2 aromatic carbocycles. The number of alkyl halides is 3. The van der Waals surface area contributed by atoms with Gasteiger partial charge in [-0.3, -0.25) is 4.79 Å². The summed E-state index contributed by atoms with van der Waals surface area (Å²) < 4.78 is 68.1. The Hall–Kier alpha value is -2.54. The van der Waals surface area contributed by atoms with E-state index in [0.717, 1.165) is 19.2 Å². The summed E-state index contributed by atoms with van der Waals surface area (Å²) in [4.78, 5) is 29.3. The van der Waals surface area contributed by atoms with Crippen molar-refractivity contribution in [1.82, 2.24) is 4.47 Å². The molecular formula is C18H14Cl2F3NO7S. The molecule has 0 saturated carbocycles. The Labute approximate surface area is 190 Å². The molecule has 0 saturated heterocycles. The van der Waals surface area contributed by atoms with Crippen molar-refractivity contribution in [1.29, 1.82) is 0 Å². The molecule has 1 atom stereocenters. The van der Waals surface area contributed by atoms with Crippen molar-refractivity contribution in [2.24, 2.45) is 0 Å². The van der Waals surface area contributed by atoms with Crippen molar-refractivity contribution in [3.63, 3.8) is 0 Å². The smallest absolute Gasteiger partial charge is 0.508 e. The van der Waals surface area contributed by atoms with Crippen molar-refractivity contribution in [2.45, 2.75) is 18.0 Å². The number of carbonyl (C=O) groups excluding carboxylic acids is 2. The lowest BCUT2D eigenvalue weighted by molar-refractivity contribution is -0.158. The van der Waals surface area contributed by atoms with Crippen molar-refractivity contribution in [3.05, 3.63) is 63.6 Å². The molecule has 2 aromatic rings. The monoisotopic (exact) mass is 515 g/mol. The fourth-order valence-electron chi connectivity index (χ4n) is 2.44. The number of hydrogen-bond donors (Lipinski definition) is 1. The number of hydrogen-bond acceptors (Lipinski definition) is 7. The van der Waals surface area contributed by atoms with Crippen LogP contribution in [0.1, 0.15) is 15.9 Å². The van der Waals surface area contributed by atoms with Gasteiger partial charge >= 0.3 is 27.5 Å². The number of sulfonamides is 1. The number of methoxy groups -OCH3 is 1. The molecule has 0 aliphatic rings. The maximum atomic E-state index is 13.4. The highest BCUT2D eigenvalue weighted by atomic mass is 35.5. The Kier molecular flexibility index (Phi) is 7.99. The number of hydroxylamine groups is 1. The molecule has 8 nitrogen and oxygen atoms in total. The maximum Gasteiger partial charge on any atom is 0.514 e. The number of esters is 1. The number of aromatic hydroxyl groups is 1. The van der Waals surface area contributed by atoms with Gasteiger partial charge in [0.15, 0.2) is 6.04 Å². The third-order valence-electron chi connectivity index (χ3n) is 3.96. The summed E-state index contributed by atoms with van der Waals surface area (Å²) in [5.74, 6) is -3.31. The van der Waals surface area contributed by atoms with Crippen LogP contribution in [0.2, 0.25) is 10.0 Å². The van der Waals surface area contributed by atoms with E-state index in [2.05, 4.69) is 9.57 Å². The van der Waals surface area contributed by atoms with Crippen molar-refractivity contribution < 1.29 is 45.9 Å². The standard InChI is InChI=1S/C18H14Cl2F3NO7S/c1-30-16(26)14(9-10-5-7-11(25)8-6-10)24(32(28,29)18(21,22)23)31-17(27)15-12(19)3-2-4-13(15)20/h2-8,14,25H,9H2,1H3/t14-/m1/s1. The van der Waals surface area contributed by atoms with Gasteiger partial charge in [-0.15, -0.1) is 0 Å². The number of nitrogens with zero attached hydrogens (tertiary/aromatic N) is 1. The zero-order valence-electron chi connectivity index (χ0n) is 16.0. The van der Waals surface area contributed by atoms with Crippen LogP contribution in [-0.4, -0.2) is 48.6 Å². The second-order valence-corrected chi connectivity index (χ2v) is 8.68. The lowest BCUT2D eigenvalue weighted by Crippen LogP contribution is -2.52. The van der Waals surface area contributed by atoms with Gasteiger partial charge in [-0.05, 0) is 34.3 Å². The second kappa shape index (κ2) is 9.94. The summed E-state index contributed by atoms with van der Waals surface area (Å²) in [5.41, 5.74) is -6.45. The van der Waals surface area contributed by atoms with Crippen LogP contribution in [0.4, 0.5) is 13.2 Å². The molecule has 0 radical (unpaired) electrons. The molecule has 0 fully saturated rings. The Balaban J connectivity index is 2.58. The van der Waals surface area contributed by atoms with Gasteiger partial charge in [-0.1, -0.05) is 41.4 Å². The molecular weight excluding hydrogens is 502 g/mol. The molecule has 0 aliphatic heterocycles. The molecule has 0 heterocycles. The highest BCUT2D eigenvalue weighted by Gasteiger charge is 2.56. The number of halogens is 5. The highest BCUT2D eigenvalue weighted by molar-refractivity contribution is 7.89. The predicted octanol–water partition coefficient (Wildman–Crippen LogP) is 3.71. The van der Waals surface area contributed by atoms with Crippen LogP contribution in [0.15, 0.2) is 42.5 Å². The van der Waals surface area contributed by atoms with E-state index in [1.807, 2.05) is 0 Å². The molecule has 0 unspecified atom stereocenters. The van der Waals surface area contributed by atoms with Crippen LogP contribution in [-0.2, 0) is 30.8 Å². The fraction of sp³-hybridized carbons (Fsp3) is 0.222. The largest absolute Gasteiger partial charge is 0.514 e. The third-order valence-corrected chi connectivity index (χ3v) is 5.98. The molecule has 0 spiro atoms. The van der Waals surface area contributed by atoms with Crippen LogP contribution in [0.5, 0.6) is 5.75 Å². The minimum Gasteiger partial charge on any atom is -0.508 e. The van der Waals surface area contributed by atoms with Crippen molar-refractivity contribution in [3.8, 4) is 5.75 Å². The number of rotatable bonds is 7. The number of phenols is 1.